The van der Waals surface area contributed by atoms with E-state index in [1.807, 2.05) is 48.3 Å². The first kappa shape index (κ1) is 20.3. The molecule has 0 aliphatic carbocycles. The second-order valence-corrected chi connectivity index (χ2v) is 4.96. The number of guanidine groups is 1. The first-order valence-corrected chi connectivity index (χ1v) is 8.02. The highest BCUT2D eigenvalue weighted by Crippen LogP contribution is 2.18. The van der Waals surface area contributed by atoms with Gasteiger partial charge >= 0.3 is 0 Å². The van der Waals surface area contributed by atoms with Gasteiger partial charge in [-0.15, -0.1) is 24.0 Å². The number of aliphatic imine (C=N–C) groups is 1. The Morgan fingerprint density at radius 3 is 2.79 bits per heavy atom. The van der Waals surface area contributed by atoms with Gasteiger partial charge in [-0.3, -0.25) is 0 Å². The number of halogens is 1. The molecule has 6 nitrogen and oxygen atoms in total. The second-order valence-electron chi connectivity index (χ2n) is 4.96. The lowest BCUT2D eigenvalue weighted by Gasteiger charge is -2.12. The highest BCUT2D eigenvalue weighted by molar-refractivity contribution is 14.0. The van der Waals surface area contributed by atoms with E-state index in [-0.39, 0.29) is 24.0 Å². The van der Waals surface area contributed by atoms with E-state index >= 15 is 0 Å². The van der Waals surface area contributed by atoms with Gasteiger partial charge in [-0.2, -0.15) is 0 Å². The number of aromatic nitrogens is 2. The minimum atomic E-state index is 0. The second kappa shape index (κ2) is 11.7. The molecular formula is C17H26IN5O. The molecule has 0 saturated carbocycles. The van der Waals surface area contributed by atoms with Gasteiger partial charge in [-0.1, -0.05) is 18.2 Å². The van der Waals surface area contributed by atoms with E-state index in [1.165, 1.54) is 0 Å². The molecule has 7 heteroatoms. The Kier molecular flexibility index (Phi) is 9.90. The molecular weight excluding hydrogens is 417 g/mol. The fourth-order valence-electron chi connectivity index (χ4n) is 2.16. The molecule has 0 amide bonds. The summed E-state index contributed by atoms with van der Waals surface area (Å²) in [4.78, 5) is 8.67. The van der Waals surface area contributed by atoms with E-state index in [9.17, 15) is 0 Å². The first-order valence-electron chi connectivity index (χ1n) is 8.02. The lowest BCUT2D eigenvalue weighted by atomic mass is 10.2. The highest BCUT2D eigenvalue weighted by atomic mass is 127. The topological polar surface area (TPSA) is 63.5 Å². The van der Waals surface area contributed by atoms with Crippen LogP contribution in [0.25, 0.3) is 0 Å². The molecule has 1 aromatic heterocycles. The molecule has 1 aromatic carbocycles. The summed E-state index contributed by atoms with van der Waals surface area (Å²) in [5.41, 5.74) is 1.08. The van der Waals surface area contributed by atoms with Crippen LogP contribution < -0.4 is 15.4 Å². The summed E-state index contributed by atoms with van der Waals surface area (Å²) in [7, 11) is 0. The quantitative estimate of drug-likeness (QED) is 0.374. The number of hydrogen-bond acceptors (Lipinski definition) is 3. The molecule has 0 atom stereocenters. The van der Waals surface area contributed by atoms with Gasteiger partial charge in [0.25, 0.3) is 0 Å². The third-order valence-corrected chi connectivity index (χ3v) is 3.25. The molecule has 0 radical (unpaired) electrons. The number of ether oxygens (including phenoxy) is 1. The number of nitrogens with zero attached hydrogens (tertiary/aromatic N) is 3. The largest absolute Gasteiger partial charge is 0.494 e. The molecule has 1 heterocycles. The van der Waals surface area contributed by atoms with E-state index in [0.717, 1.165) is 36.9 Å². The number of hydrogen-bond donors (Lipinski definition) is 2. The lowest BCUT2D eigenvalue weighted by Crippen LogP contribution is -2.38. The monoisotopic (exact) mass is 443 g/mol. The smallest absolute Gasteiger partial charge is 0.191 e. The summed E-state index contributed by atoms with van der Waals surface area (Å²) in [5, 5.41) is 6.59. The van der Waals surface area contributed by atoms with Crippen LogP contribution >= 0.6 is 24.0 Å². The van der Waals surface area contributed by atoms with Crippen molar-refractivity contribution < 1.29 is 4.74 Å². The Morgan fingerprint density at radius 1 is 1.25 bits per heavy atom. The Hall–Kier alpha value is -1.77. The normalized spacial score (nSPS) is 10.8. The number of rotatable bonds is 8. The Bertz CT molecular complexity index is 601. The highest BCUT2D eigenvalue weighted by Gasteiger charge is 2.03. The molecule has 0 saturated heterocycles. The Morgan fingerprint density at radius 2 is 2.08 bits per heavy atom. The van der Waals surface area contributed by atoms with Gasteiger partial charge in [0.05, 0.1) is 19.5 Å². The van der Waals surface area contributed by atoms with E-state index in [0.29, 0.717) is 13.2 Å². The zero-order chi connectivity index (χ0) is 16.3. The van der Waals surface area contributed by atoms with Gasteiger partial charge in [0.2, 0.25) is 0 Å². The average molecular weight is 443 g/mol. The van der Waals surface area contributed by atoms with Gasteiger partial charge in [0.15, 0.2) is 5.96 Å². The maximum Gasteiger partial charge on any atom is 0.191 e. The van der Waals surface area contributed by atoms with Gasteiger partial charge in [-0.25, -0.2) is 9.98 Å². The van der Waals surface area contributed by atoms with Crippen molar-refractivity contribution in [3.05, 3.63) is 48.5 Å². The van der Waals surface area contributed by atoms with Crippen LogP contribution in [0.3, 0.4) is 0 Å². The van der Waals surface area contributed by atoms with E-state index in [4.69, 9.17) is 4.74 Å². The van der Waals surface area contributed by atoms with Crippen molar-refractivity contribution in [2.75, 3.05) is 19.7 Å². The van der Waals surface area contributed by atoms with E-state index in [1.54, 1.807) is 6.20 Å². The van der Waals surface area contributed by atoms with E-state index < -0.39 is 0 Å². The van der Waals surface area contributed by atoms with Crippen molar-refractivity contribution in [1.29, 1.82) is 0 Å². The third kappa shape index (κ3) is 6.77. The minimum Gasteiger partial charge on any atom is -0.494 e. The van der Waals surface area contributed by atoms with Crippen molar-refractivity contribution in [2.45, 2.75) is 26.9 Å². The third-order valence-electron chi connectivity index (χ3n) is 3.25. The van der Waals surface area contributed by atoms with Crippen LogP contribution in [0.15, 0.2) is 48.0 Å². The molecule has 2 N–H and O–H groups in total. The zero-order valence-corrected chi connectivity index (χ0v) is 16.6. The molecule has 0 aliphatic heterocycles. The summed E-state index contributed by atoms with van der Waals surface area (Å²) >= 11 is 0. The molecule has 24 heavy (non-hydrogen) atoms. The fraction of sp³-hybridized carbons (Fsp3) is 0.412. The average Bonchev–Trinajstić information content (AvgIpc) is 3.07. The SMILES string of the molecule is CCNC(=NCc1ccccc1OCC)NCCn1ccnc1.I. The molecule has 0 unspecified atom stereocenters. The summed E-state index contributed by atoms with van der Waals surface area (Å²) in [6.07, 6.45) is 5.54. The van der Waals surface area contributed by atoms with Crippen LogP contribution in [-0.2, 0) is 13.1 Å². The summed E-state index contributed by atoms with van der Waals surface area (Å²) in [6.45, 7) is 7.74. The van der Waals surface area contributed by atoms with Crippen LogP contribution in [0.2, 0.25) is 0 Å². The molecule has 0 spiro atoms. The predicted molar refractivity (Wildman–Crippen MR) is 108 cm³/mol. The van der Waals surface area contributed by atoms with Crippen LogP contribution in [0.1, 0.15) is 19.4 Å². The lowest BCUT2D eigenvalue weighted by molar-refractivity contribution is 0.336. The van der Waals surface area contributed by atoms with Crippen LogP contribution in [0.4, 0.5) is 0 Å². The Balaban J connectivity index is 0.00000288. The van der Waals surface area contributed by atoms with E-state index in [2.05, 4.69) is 27.5 Å². The number of para-hydroxylation sites is 1. The first-order chi connectivity index (χ1) is 11.3. The van der Waals surface area contributed by atoms with Crippen LogP contribution in [-0.4, -0.2) is 35.2 Å². The van der Waals surface area contributed by atoms with Crippen LogP contribution in [0, 0.1) is 0 Å². The standard InChI is InChI=1S/C17H25N5O.HI/c1-3-19-17(20-10-12-22-11-9-18-14-22)21-13-15-7-5-6-8-16(15)23-4-2;/h5-9,11,14H,3-4,10,12-13H2,1-2H3,(H2,19,20,21);1H. The predicted octanol–water partition coefficient (Wildman–Crippen LogP) is 2.66. The van der Waals surface area contributed by atoms with Gasteiger partial charge < -0.3 is 19.9 Å². The van der Waals surface area contributed by atoms with Crippen molar-refractivity contribution in [3.8, 4) is 5.75 Å². The molecule has 2 aromatic rings. The van der Waals surface area contributed by atoms with Crippen molar-refractivity contribution >= 4 is 29.9 Å². The zero-order valence-electron chi connectivity index (χ0n) is 14.2. The molecule has 2 rings (SSSR count). The van der Waals surface area contributed by atoms with Crippen molar-refractivity contribution in [2.24, 2.45) is 4.99 Å². The molecule has 0 fully saturated rings. The molecule has 0 aliphatic rings. The number of benzene rings is 1. The van der Waals surface area contributed by atoms with Crippen molar-refractivity contribution in [1.82, 2.24) is 20.2 Å². The fourth-order valence-corrected chi connectivity index (χ4v) is 2.16. The van der Waals surface area contributed by atoms with Gasteiger partial charge in [-0.05, 0) is 19.9 Å². The van der Waals surface area contributed by atoms with Crippen molar-refractivity contribution in [3.63, 3.8) is 0 Å². The summed E-state index contributed by atoms with van der Waals surface area (Å²) in [5.74, 6) is 1.70. The summed E-state index contributed by atoms with van der Waals surface area (Å²) < 4.78 is 7.67. The summed E-state index contributed by atoms with van der Waals surface area (Å²) in [6, 6.07) is 8.01. The Labute approximate surface area is 160 Å². The maximum atomic E-state index is 5.64. The van der Waals surface area contributed by atoms with Crippen LogP contribution in [0.5, 0.6) is 5.75 Å². The van der Waals surface area contributed by atoms with Gasteiger partial charge in [0.1, 0.15) is 5.75 Å². The maximum absolute atomic E-state index is 5.64. The molecule has 132 valence electrons. The minimum absolute atomic E-state index is 0. The van der Waals surface area contributed by atoms with Gasteiger partial charge in [0, 0.05) is 37.6 Å². The number of nitrogens with one attached hydrogen (secondary N) is 2. The number of imidazole rings is 1. The molecule has 0 bridgehead atoms.